The monoisotopic (exact) mass is 317 g/mol. The molecule has 3 aromatic rings. The summed E-state index contributed by atoms with van der Waals surface area (Å²) in [7, 11) is 1.55. The third kappa shape index (κ3) is 3.00. The zero-order valence-corrected chi connectivity index (χ0v) is 12.3. The van der Waals surface area contributed by atoms with Crippen molar-refractivity contribution in [2.75, 3.05) is 12.8 Å². The van der Waals surface area contributed by atoms with Crippen LogP contribution in [0.25, 0.3) is 5.65 Å². The molecule has 0 atom stereocenters. The number of amides is 1. The Morgan fingerprint density at radius 2 is 2.13 bits per heavy atom. The molecular formula is C13H15N7O3. The molecule has 10 heteroatoms. The first-order chi connectivity index (χ1) is 11.1. The normalized spacial score (nSPS) is 10.8. The fraction of sp³-hybridized carbons (Fsp3) is 0.231. The SMILES string of the molecule is COc1cc(Cn2cc(COC(N)=O)cn2)cc2nnc(N)n12. The minimum atomic E-state index is -0.822. The lowest BCUT2D eigenvalue weighted by Crippen LogP contribution is -2.12. The highest BCUT2D eigenvalue weighted by molar-refractivity contribution is 5.64. The topological polar surface area (TPSA) is 136 Å². The van der Waals surface area contributed by atoms with Crippen LogP contribution in [0.5, 0.6) is 5.88 Å². The number of rotatable bonds is 5. The van der Waals surface area contributed by atoms with Crippen LogP contribution in [0.3, 0.4) is 0 Å². The molecule has 120 valence electrons. The number of hydrogen-bond acceptors (Lipinski definition) is 7. The van der Waals surface area contributed by atoms with E-state index in [1.165, 1.54) is 0 Å². The molecule has 0 aliphatic heterocycles. The van der Waals surface area contributed by atoms with E-state index in [1.807, 2.05) is 12.1 Å². The predicted molar refractivity (Wildman–Crippen MR) is 79.7 cm³/mol. The lowest BCUT2D eigenvalue weighted by Gasteiger charge is -2.08. The molecule has 0 aromatic carbocycles. The number of carbonyl (C=O) groups excluding carboxylic acids is 1. The second kappa shape index (κ2) is 5.83. The van der Waals surface area contributed by atoms with Crippen molar-refractivity contribution in [2.24, 2.45) is 5.73 Å². The molecule has 0 aliphatic carbocycles. The van der Waals surface area contributed by atoms with E-state index in [4.69, 9.17) is 20.9 Å². The van der Waals surface area contributed by atoms with Crippen LogP contribution in [0.1, 0.15) is 11.1 Å². The van der Waals surface area contributed by atoms with Crippen molar-refractivity contribution < 1.29 is 14.3 Å². The van der Waals surface area contributed by atoms with E-state index in [-0.39, 0.29) is 12.6 Å². The molecule has 0 radical (unpaired) electrons. The van der Waals surface area contributed by atoms with Gasteiger partial charge in [-0.25, -0.2) is 9.20 Å². The van der Waals surface area contributed by atoms with Crippen LogP contribution >= 0.6 is 0 Å². The van der Waals surface area contributed by atoms with Gasteiger partial charge in [0.25, 0.3) is 0 Å². The number of methoxy groups -OCH3 is 1. The van der Waals surface area contributed by atoms with Crippen molar-refractivity contribution in [2.45, 2.75) is 13.2 Å². The first-order valence-electron chi connectivity index (χ1n) is 6.68. The van der Waals surface area contributed by atoms with E-state index in [0.29, 0.717) is 18.1 Å². The van der Waals surface area contributed by atoms with Gasteiger partial charge in [-0.15, -0.1) is 10.2 Å². The van der Waals surface area contributed by atoms with Gasteiger partial charge in [0.15, 0.2) is 5.65 Å². The highest BCUT2D eigenvalue weighted by atomic mass is 16.5. The Kier molecular flexibility index (Phi) is 3.71. The number of nitrogens with two attached hydrogens (primary N) is 2. The quantitative estimate of drug-likeness (QED) is 0.684. The van der Waals surface area contributed by atoms with Gasteiger partial charge in [-0.2, -0.15) is 5.10 Å². The Morgan fingerprint density at radius 3 is 2.87 bits per heavy atom. The van der Waals surface area contributed by atoms with Crippen molar-refractivity contribution in [3.05, 3.63) is 35.7 Å². The summed E-state index contributed by atoms with van der Waals surface area (Å²) in [5.41, 5.74) is 12.9. The minimum Gasteiger partial charge on any atom is -0.482 e. The van der Waals surface area contributed by atoms with Crippen LogP contribution in [0.4, 0.5) is 10.7 Å². The smallest absolute Gasteiger partial charge is 0.404 e. The molecule has 0 saturated heterocycles. The van der Waals surface area contributed by atoms with Gasteiger partial charge in [0.05, 0.1) is 19.9 Å². The molecule has 0 aliphatic rings. The largest absolute Gasteiger partial charge is 0.482 e. The van der Waals surface area contributed by atoms with Gasteiger partial charge in [0, 0.05) is 17.8 Å². The number of primary amides is 1. The van der Waals surface area contributed by atoms with Crippen LogP contribution in [-0.2, 0) is 17.9 Å². The van der Waals surface area contributed by atoms with Gasteiger partial charge >= 0.3 is 6.09 Å². The summed E-state index contributed by atoms with van der Waals surface area (Å²) in [6, 6.07) is 3.67. The lowest BCUT2D eigenvalue weighted by atomic mass is 10.2. The molecule has 0 unspecified atom stereocenters. The molecule has 4 N–H and O–H groups in total. The van der Waals surface area contributed by atoms with Gasteiger partial charge in [-0.05, 0) is 11.6 Å². The second-order valence-electron chi connectivity index (χ2n) is 4.81. The van der Waals surface area contributed by atoms with Gasteiger partial charge < -0.3 is 20.9 Å². The average Bonchev–Trinajstić information content (AvgIpc) is 3.12. The maximum Gasteiger partial charge on any atom is 0.404 e. The Morgan fingerprint density at radius 1 is 1.30 bits per heavy atom. The number of hydrogen-bond donors (Lipinski definition) is 2. The molecule has 0 bridgehead atoms. The number of aromatic nitrogens is 5. The summed E-state index contributed by atoms with van der Waals surface area (Å²) in [5.74, 6) is 0.790. The summed E-state index contributed by atoms with van der Waals surface area (Å²) in [5, 5.41) is 12.0. The number of nitrogen functional groups attached to an aromatic ring is 1. The molecule has 3 aromatic heterocycles. The van der Waals surface area contributed by atoms with Crippen molar-refractivity contribution in [3.8, 4) is 5.88 Å². The molecule has 0 spiro atoms. The number of ether oxygens (including phenoxy) is 2. The molecular weight excluding hydrogens is 302 g/mol. The van der Waals surface area contributed by atoms with E-state index in [1.54, 1.807) is 28.6 Å². The van der Waals surface area contributed by atoms with E-state index in [0.717, 1.165) is 11.1 Å². The van der Waals surface area contributed by atoms with Crippen molar-refractivity contribution in [1.82, 2.24) is 24.4 Å². The van der Waals surface area contributed by atoms with Crippen LogP contribution in [0.15, 0.2) is 24.5 Å². The predicted octanol–water partition coefficient (Wildman–Crippen LogP) is 0.160. The lowest BCUT2D eigenvalue weighted by molar-refractivity contribution is 0.150. The zero-order chi connectivity index (χ0) is 16.4. The maximum absolute atomic E-state index is 10.6. The second-order valence-corrected chi connectivity index (χ2v) is 4.81. The van der Waals surface area contributed by atoms with Gasteiger partial charge in [-0.1, -0.05) is 0 Å². The van der Waals surface area contributed by atoms with E-state index < -0.39 is 6.09 Å². The minimum absolute atomic E-state index is 0.0817. The van der Waals surface area contributed by atoms with E-state index in [2.05, 4.69) is 15.3 Å². The first-order valence-corrected chi connectivity index (χ1v) is 6.68. The molecule has 23 heavy (non-hydrogen) atoms. The zero-order valence-electron chi connectivity index (χ0n) is 12.3. The Labute approximate surface area is 130 Å². The summed E-state index contributed by atoms with van der Waals surface area (Å²) in [6.07, 6.45) is 2.54. The molecule has 0 saturated carbocycles. The summed E-state index contributed by atoms with van der Waals surface area (Å²) in [6.45, 7) is 0.564. The summed E-state index contributed by atoms with van der Waals surface area (Å²) in [4.78, 5) is 10.6. The number of carbonyl (C=O) groups is 1. The summed E-state index contributed by atoms with van der Waals surface area (Å²) >= 11 is 0. The van der Waals surface area contributed by atoms with Gasteiger partial charge in [0.2, 0.25) is 11.8 Å². The Bertz CT molecular complexity index is 854. The number of pyridine rings is 1. The van der Waals surface area contributed by atoms with Crippen molar-refractivity contribution in [1.29, 1.82) is 0 Å². The molecule has 3 heterocycles. The first kappa shape index (κ1) is 14.6. The van der Waals surface area contributed by atoms with Crippen molar-refractivity contribution in [3.63, 3.8) is 0 Å². The average molecular weight is 317 g/mol. The third-order valence-corrected chi connectivity index (χ3v) is 3.18. The number of fused-ring (bicyclic) bond motifs is 1. The van der Waals surface area contributed by atoms with Crippen LogP contribution in [0, 0.1) is 0 Å². The fourth-order valence-corrected chi connectivity index (χ4v) is 2.21. The molecule has 0 fully saturated rings. The highest BCUT2D eigenvalue weighted by Crippen LogP contribution is 2.20. The van der Waals surface area contributed by atoms with Gasteiger partial charge in [-0.3, -0.25) is 4.68 Å². The van der Waals surface area contributed by atoms with Crippen LogP contribution < -0.4 is 16.2 Å². The molecule has 3 rings (SSSR count). The summed E-state index contributed by atoms with van der Waals surface area (Å²) < 4.78 is 13.3. The highest BCUT2D eigenvalue weighted by Gasteiger charge is 2.10. The van der Waals surface area contributed by atoms with E-state index in [9.17, 15) is 4.79 Å². The number of nitrogens with zero attached hydrogens (tertiary/aromatic N) is 5. The Balaban J connectivity index is 1.82. The number of anilines is 1. The van der Waals surface area contributed by atoms with Gasteiger partial charge in [0.1, 0.15) is 6.61 Å². The van der Waals surface area contributed by atoms with Crippen LogP contribution in [-0.4, -0.2) is 37.6 Å². The van der Waals surface area contributed by atoms with Crippen LogP contribution in [0.2, 0.25) is 0 Å². The Hall–Kier alpha value is -3.30. The van der Waals surface area contributed by atoms with E-state index >= 15 is 0 Å². The fourth-order valence-electron chi connectivity index (χ4n) is 2.21. The van der Waals surface area contributed by atoms with Crippen molar-refractivity contribution >= 4 is 17.7 Å². The maximum atomic E-state index is 10.6. The third-order valence-electron chi connectivity index (χ3n) is 3.18. The molecule has 1 amide bonds. The standard InChI is InChI=1S/C13H15N7O3/c1-22-11-3-8(2-10-17-18-12(14)20(10)11)5-19-6-9(4-16-19)7-23-13(15)21/h2-4,6H,5,7H2,1H3,(H2,14,18)(H2,15,21). The molecule has 10 nitrogen and oxygen atoms in total.